The highest BCUT2D eigenvalue weighted by atomic mass is 79.9. The van der Waals surface area contributed by atoms with Gasteiger partial charge in [-0.05, 0) is 22.0 Å². The first-order valence-electron chi connectivity index (χ1n) is 4.81. The van der Waals surface area contributed by atoms with E-state index in [9.17, 15) is 0 Å². The predicted octanol–water partition coefficient (Wildman–Crippen LogP) is 3.45. The van der Waals surface area contributed by atoms with Crippen LogP contribution in [0.1, 0.15) is 11.8 Å². The van der Waals surface area contributed by atoms with Crippen LogP contribution >= 0.6 is 39.0 Å². The van der Waals surface area contributed by atoms with E-state index in [1.807, 2.05) is 11.3 Å². The summed E-state index contributed by atoms with van der Waals surface area (Å²) < 4.78 is 1.22. The van der Waals surface area contributed by atoms with Gasteiger partial charge in [0.2, 0.25) is 0 Å². The number of nitrogens with zero attached hydrogens (tertiary/aromatic N) is 1. The van der Waals surface area contributed by atoms with Crippen LogP contribution in [0.5, 0.6) is 0 Å². The van der Waals surface area contributed by atoms with Crippen molar-refractivity contribution in [2.75, 3.05) is 18.8 Å². The molecule has 1 unspecified atom stereocenters. The van der Waals surface area contributed by atoms with Crippen LogP contribution in [0.25, 0.3) is 0 Å². The second-order valence-corrected chi connectivity index (χ2v) is 7.11. The van der Waals surface area contributed by atoms with Gasteiger partial charge in [0.1, 0.15) is 0 Å². The highest BCUT2D eigenvalue weighted by molar-refractivity contribution is 9.10. The molecule has 1 aromatic heterocycles. The van der Waals surface area contributed by atoms with Crippen LogP contribution in [0, 0.1) is 0 Å². The van der Waals surface area contributed by atoms with Gasteiger partial charge in [-0.15, -0.1) is 11.3 Å². The minimum Gasteiger partial charge on any atom is -0.296 e. The fourth-order valence-corrected chi connectivity index (χ4v) is 4.27. The zero-order valence-electron chi connectivity index (χ0n) is 8.20. The third-order valence-corrected chi connectivity index (χ3v) is 5.15. The lowest BCUT2D eigenvalue weighted by atomic mass is 10.3. The van der Waals surface area contributed by atoms with E-state index in [-0.39, 0.29) is 0 Å². The third-order valence-electron chi connectivity index (χ3n) is 2.33. The van der Waals surface area contributed by atoms with Gasteiger partial charge in [0, 0.05) is 45.4 Å². The maximum atomic E-state index is 3.50. The van der Waals surface area contributed by atoms with Gasteiger partial charge in [0.05, 0.1) is 0 Å². The summed E-state index contributed by atoms with van der Waals surface area (Å²) in [5.41, 5.74) is 0. The smallest absolute Gasteiger partial charge is 0.0329 e. The molecule has 0 saturated carbocycles. The van der Waals surface area contributed by atoms with Gasteiger partial charge in [0.25, 0.3) is 0 Å². The van der Waals surface area contributed by atoms with E-state index in [2.05, 4.69) is 51.0 Å². The van der Waals surface area contributed by atoms with Gasteiger partial charge in [0.15, 0.2) is 0 Å². The summed E-state index contributed by atoms with van der Waals surface area (Å²) in [6.45, 7) is 5.92. The largest absolute Gasteiger partial charge is 0.296 e. The van der Waals surface area contributed by atoms with Gasteiger partial charge >= 0.3 is 0 Å². The second-order valence-electron chi connectivity index (χ2n) is 3.65. The fourth-order valence-electron chi connectivity index (χ4n) is 1.69. The van der Waals surface area contributed by atoms with Crippen molar-refractivity contribution in [2.45, 2.75) is 18.7 Å². The van der Waals surface area contributed by atoms with Crippen LogP contribution < -0.4 is 0 Å². The molecule has 1 nitrogen and oxygen atoms in total. The first-order valence-corrected chi connectivity index (χ1v) is 7.53. The molecule has 78 valence electrons. The molecule has 0 amide bonds. The zero-order chi connectivity index (χ0) is 9.97. The Morgan fingerprint density at radius 2 is 2.50 bits per heavy atom. The molecule has 1 fully saturated rings. The Bertz CT molecular complexity index is 300. The molecule has 1 aliphatic rings. The van der Waals surface area contributed by atoms with Crippen LogP contribution in [0.2, 0.25) is 0 Å². The summed E-state index contributed by atoms with van der Waals surface area (Å²) in [5, 5.41) is 2.96. The number of rotatable bonds is 2. The average molecular weight is 292 g/mol. The molecular formula is C10H14BrNS2. The Hall–Kier alpha value is 0.490. The highest BCUT2D eigenvalue weighted by Crippen LogP contribution is 2.24. The Labute approximate surface area is 102 Å². The molecule has 14 heavy (non-hydrogen) atoms. The molecule has 2 rings (SSSR count). The summed E-state index contributed by atoms with van der Waals surface area (Å²) in [4.78, 5) is 4.02. The highest BCUT2D eigenvalue weighted by Gasteiger charge is 2.16. The molecule has 0 radical (unpaired) electrons. The summed E-state index contributed by atoms with van der Waals surface area (Å²) in [6.07, 6.45) is 0. The molecule has 1 aromatic rings. The topological polar surface area (TPSA) is 3.24 Å². The molecular weight excluding hydrogens is 278 g/mol. The Balaban J connectivity index is 1.90. The molecule has 1 atom stereocenters. The summed E-state index contributed by atoms with van der Waals surface area (Å²) >= 11 is 7.44. The minimum atomic E-state index is 0.798. The van der Waals surface area contributed by atoms with Crippen LogP contribution in [-0.2, 0) is 6.54 Å². The van der Waals surface area contributed by atoms with Crippen molar-refractivity contribution in [3.8, 4) is 0 Å². The minimum absolute atomic E-state index is 0.798. The quantitative estimate of drug-likeness (QED) is 0.821. The van der Waals surface area contributed by atoms with Crippen LogP contribution in [0.4, 0.5) is 0 Å². The maximum absolute atomic E-state index is 3.50. The van der Waals surface area contributed by atoms with E-state index in [4.69, 9.17) is 0 Å². The molecule has 1 aliphatic heterocycles. The molecule has 4 heteroatoms. The lowest BCUT2D eigenvalue weighted by molar-refractivity contribution is 0.281. The Morgan fingerprint density at radius 1 is 1.64 bits per heavy atom. The van der Waals surface area contributed by atoms with Gasteiger partial charge < -0.3 is 0 Å². The lowest BCUT2D eigenvalue weighted by Gasteiger charge is -2.29. The predicted molar refractivity (Wildman–Crippen MR) is 69.2 cm³/mol. The molecule has 0 aromatic carbocycles. The van der Waals surface area contributed by atoms with Gasteiger partial charge in [-0.1, -0.05) is 6.92 Å². The van der Waals surface area contributed by atoms with Crippen molar-refractivity contribution >= 4 is 39.0 Å². The first kappa shape index (κ1) is 11.0. The number of hydrogen-bond donors (Lipinski definition) is 0. The number of hydrogen-bond acceptors (Lipinski definition) is 3. The van der Waals surface area contributed by atoms with E-state index in [1.54, 1.807) is 0 Å². The van der Waals surface area contributed by atoms with E-state index in [0.717, 1.165) is 11.8 Å². The normalized spacial score (nSPS) is 24.0. The summed E-state index contributed by atoms with van der Waals surface area (Å²) in [6, 6.07) is 2.23. The van der Waals surface area contributed by atoms with Crippen molar-refractivity contribution in [2.24, 2.45) is 0 Å². The number of thioether (sulfide) groups is 1. The molecule has 1 saturated heterocycles. The summed E-state index contributed by atoms with van der Waals surface area (Å²) in [7, 11) is 0. The third kappa shape index (κ3) is 2.99. The average Bonchev–Trinajstić information content (AvgIpc) is 2.51. The summed E-state index contributed by atoms with van der Waals surface area (Å²) in [5.74, 6) is 1.29. The molecule has 0 spiro atoms. The Kier molecular flexibility index (Phi) is 3.93. The Morgan fingerprint density at radius 3 is 3.14 bits per heavy atom. The van der Waals surface area contributed by atoms with Crippen molar-refractivity contribution < 1.29 is 0 Å². The van der Waals surface area contributed by atoms with Crippen molar-refractivity contribution in [1.82, 2.24) is 4.90 Å². The van der Waals surface area contributed by atoms with Gasteiger partial charge in [-0.25, -0.2) is 0 Å². The zero-order valence-corrected chi connectivity index (χ0v) is 11.4. The second kappa shape index (κ2) is 5.01. The lowest BCUT2D eigenvalue weighted by Crippen LogP contribution is -2.35. The maximum Gasteiger partial charge on any atom is 0.0329 e. The number of halogens is 1. The van der Waals surface area contributed by atoms with Crippen LogP contribution in [0.15, 0.2) is 15.9 Å². The molecule has 0 bridgehead atoms. The van der Waals surface area contributed by atoms with E-state index < -0.39 is 0 Å². The van der Waals surface area contributed by atoms with Crippen LogP contribution in [0.3, 0.4) is 0 Å². The molecule has 0 aliphatic carbocycles. The molecule has 2 heterocycles. The number of thiophene rings is 1. The van der Waals surface area contributed by atoms with Crippen LogP contribution in [-0.4, -0.2) is 29.0 Å². The fraction of sp³-hybridized carbons (Fsp3) is 0.600. The van der Waals surface area contributed by atoms with Gasteiger partial charge in [-0.3, -0.25) is 4.90 Å². The van der Waals surface area contributed by atoms with Crippen molar-refractivity contribution in [3.63, 3.8) is 0 Å². The van der Waals surface area contributed by atoms with E-state index in [1.165, 1.54) is 28.2 Å². The molecule has 0 N–H and O–H groups in total. The monoisotopic (exact) mass is 291 g/mol. The first-order chi connectivity index (χ1) is 6.74. The van der Waals surface area contributed by atoms with E-state index in [0.29, 0.717) is 0 Å². The standard InChI is InChI=1S/C10H14BrNS2/c1-8-5-12(2-3-13-8)6-10-4-9(11)7-14-10/h4,7-8H,2-3,5-6H2,1H3. The van der Waals surface area contributed by atoms with Crippen molar-refractivity contribution in [1.29, 1.82) is 0 Å². The van der Waals surface area contributed by atoms with E-state index >= 15 is 0 Å². The van der Waals surface area contributed by atoms with Crippen molar-refractivity contribution in [3.05, 3.63) is 20.8 Å². The SMILES string of the molecule is CC1CN(Cc2cc(Br)cs2)CCS1. The van der Waals surface area contributed by atoms with Gasteiger partial charge in [-0.2, -0.15) is 11.8 Å².